The zero-order chi connectivity index (χ0) is 15.5. The molecule has 1 saturated heterocycles. The van der Waals surface area contributed by atoms with Crippen LogP contribution in [-0.4, -0.2) is 37.7 Å². The van der Waals surface area contributed by atoms with E-state index in [-0.39, 0.29) is 0 Å². The monoisotopic (exact) mass is 343 g/mol. The minimum Gasteiger partial charge on any atom is -0.491 e. The van der Waals surface area contributed by atoms with Gasteiger partial charge in [0.15, 0.2) is 11.5 Å². The molecule has 1 aliphatic carbocycles. The van der Waals surface area contributed by atoms with E-state index in [4.69, 9.17) is 32.7 Å². The van der Waals surface area contributed by atoms with Crippen molar-refractivity contribution in [3.8, 4) is 11.5 Å². The van der Waals surface area contributed by atoms with Crippen molar-refractivity contribution in [1.82, 2.24) is 4.90 Å². The first-order valence-electron chi connectivity index (χ1n) is 8.07. The predicted molar refractivity (Wildman–Crippen MR) is 90.4 cm³/mol. The first-order valence-corrected chi connectivity index (χ1v) is 8.83. The van der Waals surface area contributed by atoms with Crippen LogP contribution in [0.2, 0.25) is 10.0 Å². The van der Waals surface area contributed by atoms with Gasteiger partial charge in [-0.3, -0.25) is 4.90 Å². The summed E-state index contributed by atoms with van der Waals surface area (Å²) in [5, 5.41) is 1.05. The molecule has 1 aromatic carbocycles. The summed E-state index contributed by atoms with van der Waals surface area (Å²) in [6.45, 7) is 3.18. The molecular weight excluding hydrogens is 321 g/mol. The number of methoxy groups -OCH3 is 1. The number of likely N-dealkylation sites (tertiary alicyclic amines) is 1. The molecule has 2 aliphatic rings. The molecule has 1 atom stereocenters. The van der Waals surface area contributed by atoms with Crippen molar-refractivity contribution >= 4 is 23.2 Å². The summed E-state index contributed by atoms with van der Waals surface area (Å²) in [7, 11) is 1.59. The number of nitrogens with zero attached hydrogens (tertiary/aromatic N) is 1. The zero-order valence-electron chi connectivity index (χ0n) is 13.0. The third-order valence-corrected chi connectivity index (χ3v) is 5.07. The fourth-order valence-electron chi connectivity index (χ4n) is 3.24. The van der Waals surface area contributed by atoms with Gasteiger partial charge in [-0.25, -0.2) is 0 Å². The van der Waals surface area contributed by atoms with E-state index in [1.807, 2.05) is 0 Å². The minimum absolute atomic E-state index is 0.487. The number of hydrogen-bond donors (Lipinski definition) is 0. The maximum absolute atomic E-state index is 6.13. The quantitative estimate of drug-likeness (QED) is 0.719. The molecule has 5 heteroatoms. The molecule has 122 valence electrons. The molecule has 3 rings (SSSR count). The lowest BCUT2D eigenvalue weighted by Gasteiger charge is -2.24. The molecule has 0 amide bonds. The summed E-state index contributed by atoms with van der Waals surface area (Å²) in [5.41, 5.74) is 0. The van der Waals surface area contributed by atoms with E-state index >= 15 is 0 Å². The van der Waals surface area contributed by atoms with Gasteiger partial charge >= 0.3 is 0 Å². The van der Waals surface area contributed by atoms with Crippen LogP contribution in [0.25, 0.3) is 0 Å². The van der Waals surface area contributed by atoms with E-state index < -0.39 is 0 Å². The van der Waals surface area contributed by atoms with Gasteiger partial charge in [0.25, 0.3) is 0 Å². The number of benzene rings is 1. The van der Waals surface area contributed by atoms with Crippen molar-refractivity contribution in [2.75, 3.05) is 26.8 Å². The van der Waals surface area contributed by atoms with E-state index in [0.29, 0.717) is 34.2 Å². The Labute approximate surface area is 142 Å². The van der Waals surface area contributed by atoms with Crippen LogP contribution in [0.3, 0.4) is 0 Å². The Hall–Kier alpha value is -0.640. The SMILES string of the molecule is COc1c(Cl)cc(Cl)cc1OCCC1CCCN1CC1CC1. The second-order valence-electron chi connectivity index (χ2n) is 6.29. The molecule has 1 heterocycles. The first kappa shape index (κ1) is 16.2. The maximum Gasteiger partial charge on any atom is 0.179 e. The molecule has 1 saturated carbocycles. The molecule has 1 unspecified atom stereocenters. The van der Waals surface area contributed by atoms with E-state index in [0.717, 1.165) is 12.3 Å². The third kappa shape index (κ3) is 4.01. The number of halogens is 2. The maximum atomic E-state index is 6.13. The van der Waals surface area contributed by atoms with Gasteiger partial charge in [-0.1, -0.05) is 23.2 Å². The lowest BCUT2D eigenvalue weighted by atomic mass is 10.1. The molecule has 22 heavy (non-hydrogen) atoms. The highest BCUT2D eigenvalue weighted by Crippen LogP contribution is 2.38. The standard InChI is InChI=1S/C17H23Cl2NO2/c1-21-17-15(19)9-13(18)10-16(17)22-8-6-14-3-2-7-20(14)11-12-4-5-12/h9-10,12,14H,2-8,11H2,1H3. The Balaban J connectivity index is 1.54. The summed E-state index contributed by atoms with van der Waals surface area (Å²) in [5.74, 6) is 2.15. The van der Waals surface area contributed by atoms with Crippen LogP contribution in [0.5, 0.6) is 11.5 Å². The molecule has 3 nitrogen and oxygen atoms in total. The van der Waals surface area contributed by atoms with Crippen LogP contribution in [0.4, 0.5) is 0 Å². The van der Waals surface area contributed by atoms with Crippen molar-refractivity contribution in [1.29, 1.82) is 0 Å². The van der Waals surface area contributed by atoms with Gasteiger partial charge in [0.05, 0.1) is 18.7 Å². The molecule has 0 N–H and O–H groups in total. The topological polar surface area (TPSA) is 21.7 Å². The molecule has 0 radical (unpaired) electrons. The Morgan fingerprint density at radius 3 is 2.77 bits per heavy atom. The lowest BCUT2D eigenvalue weighted by Crippen LogP contribution is -2.32. The largest absolute Gasteiger partial charge is 0.491 e. The number of rotatable bonds is 7. The van der Waals surface area contributed by atoms with Crippen LogP contribution in [0, 0.1) is 5.92 Å². The predicted octanol–water partition coefficient (Wildman–Crippen LogP) is 4.65. The van der Waals surface area contributed by atoms with Crippen molar-refractivity contribution in [3.63, 3.8) is 0 Å². The molecule has 0 bridgehead atoms. The highest BCUT2D eigenvalue weighted by Gasteiger charge is 2.30. The van der Waals surface area contributed by atoms with Gasteiger partial charge in [-0.15, -0.1) is 0 Å². The van der Waals surface area contributed by atoms with Gasteiger partial charge in [0.2, 0.25) is 0 Å². The Morgan fingerprint density at radius 2 is 2.05 bits per heavy atom. The fourth-order valence-corrected chi connectivity index (χ4v) is 3.79. The van der Waals surface area contributed by atoms with E-state index in [9.17, 15) is 0 Å². The van der Waals surface area contributed by atoms with Crippen molar-refractivity contribution in [3.05, 3.63) is 22.2 Å². The first-order chi connectivity index (χ1) is 10.7. The van der Waals surface area contributed by atoms with Crippen LogP contribution in [0.15, 0.2) is 12.1 Å². The second kappa shape index (κ2) is 7.29. The number of hydrogen-bond acceptors (Lipinski definition) is 3. The molecule has 1 aliphatic heterocycles. The number of ether oxygens (including phenoxy) is 2. The average Bonchev–Trinajstić information content (AvgIpc) is 3.18. The van der Waals surface area contributed by atoms with Crippen LogP contribution < -0.4 is 9.47 Å². The normalized spacial score (nSPS) is 22.0. The lowest BCUT2D eigenvalue weighted by molar-refractivity contribution is 0.196. The molecule has 2 fully saturated rings. The summed E-state index contributed by atoms with van der Waals surface area (Å²) in [6.07, 6.45) is 6.46. The van der Waals surface area contributed by atoms with E-state index in [1.54, 1.807) is 19.2 Å². The molecule has 0 spiro atoms. The fraction of sp³-hybridized carbons (Fsp3) is 0.647. The summed E-state index contributed by atoms with van der Waals surface area (Å²) in [6, 6.07) is 4.09. The Morgan fingerprint density at radius 1 is 1.23 bits per heavy atom. The van der Waals surface area contributed by atoms with Crippen molar-refractivity contribution < 1.29 is 9.47 Å². The average molecular weight is 344 g/mol. The summed E-state index contributed by atoms with van der Waals surface area (Å²) < 4.78 is 11.2. The Kier molecular flexibility index (Phi) is 5.37. The third-order valence-electron chi connectivity index (χ3n) is 4.58. The van der Waals surface area contributed by atoms with Gasteiger partial charge in [0.1, 0.15) is 0 Å². The van der Waals surface area contributed by atoms with Gasteiger partial charge in [0, 0.05) is 23.7 Å². The second-order valence-corrected chi connectivity index (χ2v) is 7.13. The van der Waals surface area contributed by atoms with Crippen LogP contribution in [0.1, 0.15) is 32.1 Å². The van der Waals surface area contributed by atoms with E-state index in [2.05, 4.69) is 4.90 Å². The molecular formula is C17H23Cl2NO2. The van der Waals surface area contributed by atoms with Gasteiger partial charge in [-0.2, -0.15) is 0 Å². The minimum atomic E-state index is 0.487. The van der Waals surface area contributed by atoms with Gasteiger partial charge in [-0.05, 0) is 50.6 Å². The summed E-state index contributed by atoms with van der Waals surface area (Å²) >= 11 is 12.2. The smallest absolute Gasteiger partial charge is 0.179 e. The molecule has 0 aromatic heterocycles. The van der Waals surface area contributed by atoms with Crippen LogP contribution >= 0.6 is 23.2 Å². The van der Waals surface area contributed by atoms with E-state index in [1.165, 1.54) is 38.8 Å². The van der Waals surface area contributed by atoms with Crippen molar-refractivity contribution in [2.45, 2.75) is 38.1 Å². The Bertz CT molecular complexity index is 520. The highest BCUT2D eigenvalue weighted by molar-refractivity contribution is 6.35. The van der Waals surface area contributed by atoms with Crippen LogP contribution in [-0.2, 0) is 0 Å². The highest BCUT2D eigenvalue weighted by atomic mass is 35.5. The zero-order valence-corrected chi connectivity index (χ0v) is 14.5. The summed E-state index contributed by atoms with van der Waals surface area (Å²) in [4.78, 5) is 2.64. The van der Waals surface area contributed by atoms with Gasteiger partial charge < -0.3 is 9.47 Å². The van der Waals surface area contributed by atoms with Crippen molar-refractivity contribution in [2.24, 2.45) is 5.92 Å². The molecule has 1 aromatic rings.